The quantitative estimate of drug-likeness (QED) is 0.446. The molecule has 2 heterocycles. The smallest absolute Gasteiger partial charge is 0.278 e. The van der Waals surface area contributed by atoms with Crippen LogP contribution in [-0.4, -0.2) is 30.5 Å². The van der Waals surface area contributed by atoms with Crippen LogP contribution in [0.4, 0.5) is 5.95 Å². The summed E-state index contributed by atoms with van der Waals surface area (Å²) < 4.78 is 9.83. The van der Waals surface area contributed by atoms with E-state index < -0.39 is 0 Å². The van der Waals surface area contributed by atoms with E-state index in [0.717, 1.165) is 10.0 Å². The molecule has 1 N–H and O–H groups in total. The Labute approximate surface area is 181 Å². The maximum Gasteiger partial charge on any atom is 0.278 e. The van der Waals surface area contributed by atoms with Gasteiger partial charge in [0.2, 0.25) is 5.95 Å². The predicted octanol–water partition coefficient (Wildman–Crippen LogP) is 3.88. The van der Waals surface area contributed by atoms with Gasteiger partial charge in [0, 0.05) is 10.7 Å². The molecule has 8 nitrogen and oxygen atoms in total. The van der Waals surface area contributed by atoms with Crippen LogP contribution in [0.25, 0.3) is 0 Å². The van der Waals surface area contributed by atoms with Crippen molar-refractivity contribution < 1.29 is 9.53 Å². The molecule has 1 amide bonds. The molecule has 2 aromatic carbocycles. The summed E-state index contributed by atoms with van der Waals surface area (Å²) >= 11 is 3.38. The van der Waals surface area contributed by atoms with Crippen molar-refractivity contribution in [2.24, 2.45) is 0 Å². The largest absolute Gasteiger partial charge is 0.471 e. The van der Waals surface area contributed by atoms with E-state index in [9.17, 15) is 4.79 Å². The molecule has 0 bridgehead atoms. The maximum absolute atomic E-state index is 12.4. The third-order valence-electron chi connectivity index (χ3n) is 4.28. The Morgan fingerprint density at radius 3 is 2.57 bits per heavy atom. The van der Waals surface area contributed by atoms with E-state index in [2.05, 4.69) is 36.4 Å². The molecule has 4 aromatic rings. The zero-order valence-electron chi connectivity index (χ0n) is 16.2. The standard InChI is InChI=1S/C21H19BrN6O2/c1-15-2-4-16(5-3-15)12-28-13-23-21(26-28)24-20(29)19-10-11-27(25-19)14-30-18-8-6-17(22)7-9-18/h2-11,13H,12,14H2,1H3,(H,24,26,29). The molecule has 0 saturated heterocycles. The number of rotatable bonds is 7. The highest BCUT2D eigenvalue weighted by Crippen LogP contribution is 2.16. The minimum atomic E-state index is -0.384. The first-order valence-corrected chi connectivity index (χ1v) is 10.0. The van der Waals surface area contributed by atoms with Gasteiger partial charge in [0.05, 0.1) is 6.54 Å². The van der Waals surface area contributed by atoms with Crippen molar-refractivity contribution in [1.82, 2.24) is 24.5 Å². The lowest BCUT2D eigenvalue weighted by Crippen LogP contribution is -2.15. The molecule has 2 aromatic heterocycles. The average Bonchev–Trinajstić information content (AvgIpc) is 3.39. The lowest BCUT2D eigenvalue weighted by Gasteiger charge is -2.06. The van der Waals surface area contributed by atoms with Gasteiger partial charge in [-0.25, -0.2) is 14.3 Å². The first-order valence-electron chi connectivity index (χ1n) is 9.23. The SMILES string of the molecule is Cc1ccc(Cn2cnc(NC(=O)c3ccn(COc4ccc(Br)cc4)n3)n2)cc1. The van der Waals surface area contributed by atoms with Crippen molar-refractivity contribution in [3.63, 3.8) is 0 Å². The van der Waals surface area contributed by atoms with E-state index in [-0.39, 0.29) is 24.3 Å². The molecule has 0 aliphatic heterocycles. The van der Waals surface area contributed by atoms with Gasteiger partial charge in [-0.2, -0.15) is 5.10 Å². The zero-order chi connectivity index (χ0) is 20.9. The van der Waals surface area contributed by atoms with Crippen LogP contribution in [0.15, 0.2) is 71.6 Å². The van der Waals surface area contributed by atoms with Gasteiger partial charge in [0.1, 0.15) is 12.1 Å². The number of hydrogen-bond donors (Lipinski definition) is 1. The Morgan fingerprint density at radius 2 is 1.80 bits per heavy atom. The number of ether oxygens (including phenoxy) is 1. The molecule has 9 heteroatoms. The van der Waals surface area contributed by atoms with E-state index in [0.29, 0.717) is 12.3 Å². The third kappa shape index (κ3) is 5.12. The van der Waals surface area contributed by atoms with E-state index in [1.54, 1.807) is 28.0 Å². The summed E-state index contributed by atoms with van der Waals surface area (Å²) in [5, 5.41) is 11.2. The van der Waals surface area contributed by atoms with Crippen LogP contribution < -0.4 is 10.1 Å². The van der Waals surface area contributed by atoms with Crippen LogP contribution in [-0.2, 0) is 13.3 Å². The first-order chi connectivity index (χ1) is 14.5. The second-order valence-corrected chi connectivity index (χ2v) is 7.59. The van der Waals surface area contributed by atoms with Gasteiger partial charge in [0.25, 0.3) is 5.91 Å². The number of nitrogens with one attached hydrogen (secondary N) is 1. The van der Waals surface area contributed by atoms with Crippen molar-refractivity contribution in [3.05, 3.63) is 88.4 Å². The number of carbonyl (C=O) groups excluding carboxylic acids is 1. The van der Waals surface area contributed by atoms with Crippen LogP contribution in [0.2, 0.25) is 0 Å². The Kier molecular flexibility index (Phi) is 5.89. The van der Waals surface area contributed by atoms with E-state index >= 15 is 0 Å². The first kappa shape index (κ1) is 19.8. The molecule has 0 aliphatic rings. The summed E-state index contributed by atoms with van der Waals surface area (Å²) in [5.41, 5.74) is 2.56. The number of carbonyl (C=O) groups is 1. The van der Waals surface area contributed by atoms with Gasteiger partial charge in [0.15, 0.2) is 12.4 Å². The Balaban J connectivity index is 1.32. The highest BCUT2D eigenvalue weighted by atomic mass is 79.9. The van der Waals surface area contributed by atoms with Gasteiger partial charge < -0.3 is 4.74 Å². The molecule has 4 rings (SSSR count). The van der Waals surface area contributed by atoms with Crippen LogP contribution >= 0.6 is 15.9 Å². The molecule has 30 heavy (non-hydrogen) atoms. The van der Waals surface area contributed by atoms with Crippen LogP contribution in [0.5, 0.6) is 5.75 Å². The van der Waals surface area contributed by atoms with Gasteiger partial charge in [-0.15, -0.1) is 5.10 Å². The lowest BCUT2D eigenvalue weighted by atomic mass is 10.1. The second-order valence-electron chi connectivity index (χ2n) is 6.67. The van der Waals surface area contributed by atoms with Gasteiger partial charge >= 0.3 is 0 Å². The summed E-state index contributed by atoms with van der Waals surface area (Å²) in [6.45, 7) is 2.81. The van der Waals surface area contributed by atoms with Crippen LogP contribution in [0.1, 0.15) is 21.6 Å². The van der Waals surface area contributed by atoms with Crippen molar-refractivity contribution >= 4 is 27.8 Å². The number of aromatic nitrogens is 5. The summed E-state index contributed by atoms with van der Waals surface area (Å²) in [4.78, 5) is 16.6. The van der Waals surface area contributed by atoms with Crippen molar-refractivity contribution in [1.29, 1.82) is 0 Å². The van der Waals surface area contributed by atoms with Crippen molar-refractivity contribution in [2.45, 2.75) is 20.2 Å². The van der Waals surface area contributed by atoms with Gasteiger partial charge in [-0.3, -0.25) is 10.1 Å². The zero-order valence-corrected chi connectivity index (χ0v) is 17.8. The van der Waals surface area contributed by atoms with Gasteiger partial charge in [-0.05, 0) is 42.8 Å². The summed E-state index contributed by atoms with van der Waals surface area (Å²) in [7, 11) is 0. The molecular weight excluding hydrogens is 448 g/mol. The molecule has 0 aliphatic carbocycles. The molecule has 0 atom stereocenters. The number of aryl methyl sites for hydroxylation is 1. The normalized spacial score (nSPS) is 10.7. The summed E-state index contributed by atoms with van der Waals surface area (Å²) in [5.74, 6) is 0.557. The van der Waals surface area contributed by atoms with Crippen LogP contribution in [0.3, 0.4) is 0 Å². The molecule has 0 saturated carbocycles. The highest BCUT2D eigenvalue weighted by Gasteiger charge is 2.12. The summed E-state index contributed by atoms with van der Waals surface area (Å²) in [6.07, 6.45) is 3.26. The molecular formula is C21H19BrN6O2. The molecule has 0 spiro atoms. The Bertz CT molecular complexity index is 1140. The highest BCUT2D eigenvalue weighted by molar-refractivity contribution is 9.10. The molecule has 0 radical (unpaired) electrons. The fourth-order valence-electron chi connectivity index (χ4n) is 2.70. The fraction of sp³-hybridized carbons (Fsp3) is 0.143. The minimum Gasteiger partial charge on any atom is -0.471 e. The maximum atomic E-state index is 12.4. The number of benzene rings is 2. The van der Waals surface area contributed by atoms with Crippen molar-refractivity contribution in [2.75, 3.05) is 5.32 Å². The Hall–Kier alpha value is -3.46. The predicted molar refractivity (Wildman–Crippen MR) is 115 cm³/mol. The number of halogens is 1. The second kappa shape index (κ2) is 8.91. The molecule has 152 valence electrons. The van der Waals surface area contributed by atoms with Crippen LogP contribution in [0, 0.1) is 6.92 Å². The topological polar surface area (TPSA) is 86.9 Å². The number of amides is 1. The van der Waals surface area contributed by atoms with E-state index in [1.807, 2.05) is 55.5 Å². The third-order valence-corrected chi connectivity index (χ3v) is 4.81. The average molecular weight is 467 g/mol. The number of anilines is 1. The number of nitrogens with zero attached hydrogens (tertiary/aromatic N) is 5. The van der Waals surface area contributed by atoms with Gasteiger partial charge in [-0.1, -0.05) is 45.8 Å². The lowest BCUT2D eigenvalue weighted by molar-refractivity contribution is 0.101. The number of hydrogen-bond acceptors (Lipinski definition) is 5. The Morgan fingerprint density at radius 1 is 1.03 bits per heavy atom. The molecule has 0 fully saturated rings. The monoisotopic (exact) mass is 466 g/mol. The van der Waals surface area contributed by atoms with Crippen molar-refractivity contribution in [3.8, 4) is 5.75 Å². The van der Waals surface area contributed by atoms with E-state index in [1.165, 1.54) is 5.56 Å². The summed E-state index contributed by atoms with van der Waals surface area (Å²) in [6, 6.07) is 17.3. The fourth-order valence-corrected chi connectivity index (χ4v) is 2.96. The van der Waals surface area contributed by atoms with E-state index in [4.69, 9.17) is 4.74 Å². The minimum absolute atomic E-state index is 0.193. The molecule has 0 unspecified atom stereocenters.